The Morgan fingerprint density at radius 2 is 2.00 bits per heavy atom. The fourth-order valence-corrected chi connectivity index (χ4v) is 2.44. The number of ether oxygens (including phenoxy) is 1. The zero-order valence-corrected chi connectivity index (χ0v) is 12.1. The summed E-state index contributed by atoms with van der Waals surface area (Å²) in [5.41, 5.74) is 5.76. The van der Waals surface area contributed by atoms with Gasteiger partial charge in [-0.2, -0.15) is 0 Å². The first kappa shape index (κ1) is 15.4. The Kier molecular flexibility index (Phi) is 5.60. The van der Waals surface area contributed by atoms with Gasteiger partial charge in [0.2, 0.25) is 5.91 Å². The smallest absolute Gasteiger partial charge is 0.226 e. The molecule has 106 valence electrons. The van der Waals surface area contributed by atoms with Crippen molar-refractivity contribution in [2.24, 2.45) is 11.1 Å². The van der Waals surface area contributed by atoms with Crippen LogP contribution in [0, 0.1) is 5.41 Å². The molecule has 0 atom stereocenters. The largest absolute Gasteiger partial charge is 0.385 e. The highest BCUT2D eigenvalue weighted by molar-refractivity contribution is 5.83. The van der Waals surface area contributed by atoms with Gasteiger partial charge < -0.3 is 15.8 Å². The van der Waals surface area contributed by atoms with Crippen LogP contribution in [0.25, 0.3) is 0 Å². The first-order valence-corrected chi connectivity index (χ1v) is 7.08. The third-order valence-corrected chi connectivity index (χ3v) is 4.59. The van der Waals surface area contributed by atoms with E-state index in [1.54, 1.807) is 7.11 Å². The number of methoxy groups -OCH3 is 1. The second-order valence-corrected chi connectivity index (χ2v) is 5.63. The molecule has 0 spiro atoms. The quantitative estimate of drug-likeness (QED) is 0.696. The van der Waals surface area contributed by atoms with E-state index in [9.17, 15) is 4.79 Å². The highest BCUT2D eigenvalue weighted by Crippen LogP contribution is 2.44. The monoisotopic (exact) mass is 256 g/mol. The van der Waals surface area contributed by atoms with Crippen molar-refractivity contribution >= 4 is 5.91 Å². The minimum absolute atomic E-state index is 0.169. The molecule has 1 aliphatic carbocycles. The summed E-state index contributed by atoms with van der Waals surface area (Å²) in [7, 11) is 1.68. The second kappa shape index (κ2) is 6.53. The fourth-order valence-electron chi connectivity index (χ4n) is 2.44. The summed E-state index contributed by atoms with van der Waals surface area (Å²) in [5, 5.41) is 3.06. The number of carbonyl (C=O) groups is 1. The number of hydrogen-bond acceptors (Lipinski definition) is 3. The maximum absolute atomic E-state index is 12.3. The molecular formula is C14H28N2O2. The van der Waals surface area contributed by atoms with Crippen LogP contribution in [0.5, 0.6) is 0 Å². The lowest BCUT2D eigenvalue weighted by molar-refractivity contribution is -0.137. The summed E-state index contributed by atoms with van der Waals surface area (Å²) in [6.45, 7) is 5.37. The minimum atomic E-state index is -0.262. The average Bonchev–Trinajstić information content (AvgIpc) is 2.35. The summed E-state index contributed by atoms with van der Waals surface area (Å²) in [5.74, 6) is 0.169. The van der Waals surface area contributed by atoms with Gasteiger partial charge in [-0.05, 0) is 32.1 Å². The number of nitrogens with one attached hydrogen (secondary N) is 1. The molecule has 1 fully saturated rings. The Bertz CT molecular complexity index is 271. The second-order valence-electron chi connectivity index (χ2n) is 5.63. The molecule has 1 aliphatic rings. The van der Waals surface area contributed by atoms with Gasteiger partial charge in [0.1, 0.15) is 0 Å². The predicted octanol–water partition coefficient (Wildman–Crippen LogP) is 1.83. The van der Waals surface area contributed by atoms with Crippen LogP contribution in [0.4, 0.5) is 0 Å². The van der Waals surface area contributed by atoms with Crippen molar-refractivity contribution in [2.45, 2.75) is 57.9 Å². The number of carbonyl (C=O) groups excluding carboxylic acids is 1. The Morgan fingerprint density at radius 1 is 1.39 bits per heavy atom. The van der Waals surface area contributed by atoms with Crippen molar-refractivity contribution in [3.63, 3.8) is 0 Å². The van der Waals surface area contributed by atoms with Gasteiger partial charge in [-0.3, -0.25) is 4.79 Å². The van der Waals surface area contributed by atoms with Crippen LogP contribution in [0.15, 0.2) is 0 Å². The van der Waals surface area contributed by atoms with Gasteiger partial charge in [0.15, 0.2) is 0 Å². The molecule has 1 saturated carbocycles. The Morgan fingerprint density at radius 3 is 2.39 bits per heavy atom. The molecule has 0 radical (unpaired) electrons. The summed E-state index contributed by atoms with van der Waals surface area (Å²) < 4.78 is 5.11. The van der Waals surface area contributed by atoms with E-state index in [-0.39, 0.29) is 16.9 Å². The molecule has 0 aromatic rings. The van der Waals surface area contributed by atoms with Crippen LogP contribution in [-0.4, -0.2) is 31.7 Å². The minimum Gasteiger partial charge on any atom is -0.385 e. The highest BCUT2D eigenvalue weighted by Gasteiger charge is 2.43. The van der Waals surface area contributed by atoms with Crippen LogP contribution >= 0.6 is 0 Å². The molecule has 1 amide bonds. The average molecular weight is 256 g/mol. The van der Waals surface area contributed by atoms with Gasteiger partial charge in [-0.1, -0.05) is 20.3 Å². The third kappa shape index (κ3) is 3.45. The Balaban J connectivity index is 2.48. The first-order valence-electron chi connectivity index (χ1n) is 7.08. The zero-order chi connectivity index (χ0) is 13.6. The molecule has 0 aromatic carbocycles. The SMILES string of the molecule is CCC(N)(CC)CNC(=O)C1(CCOC)CCC1. The van der Waals surface area contributed by atoms with E-state index in [0.29, 0.717) is 13.2 Å². The normalized spacial score (nSPS) is 18.2. The molecule has 3 N–H and O–H groups in total. The van der Waals surface area contributed by atoms with Gasteiger partial charge in [-0.15, -0.1) is 0 Å². The highest BCUT2D eigenvalue weighted by atomic mass is 16.5. The summed E-state index contributed by atoms with van der Waals surface area (Å²) in [6, 6.07) is 0. The number of hydrogen-bond donors (Lipinski definition) is 2. The predicted molar refractivity (Wildman–Crippen MR) is 73.3 cm³/mol. The lowest BCUT2D eigenvalue weighted by Crippen LogP contribution is -2.54. The van der Waals surface area contributed by atoms with Gasteiger partial charge in [0.25, 0.3) is 0 Å². The molecular weight excluding hydrogens is 228 g/mol. The summed E-state index contributed by atoms with van der Waals surface area (Å²) in [4.78, 5) is 12.3. The van der Waals surface area contributed by atoms with E-state index in [4.69, 9.17) is 10.5 Å². The lowest BCUT2D eigenvalue weighted by atomic mass is 9.66. The molecule has 4 heteroatoms. The van der Waals surface area contributed by atoms with Gasteiger partial charge in [0, 0.05) is 25.8 Å². The third-order valence-electron chi connectivity index (χ3n) is 4.59. The number of nitrogens with two attached hydrogens (primary N) is 1. The molecule has 0 unspecified atom stereocenters. The van der Waals surface area contributed by atoms with Crippen LogP contribution in [0.3, 0.4) is 0 Å². The fraction of sp³-hybridized carbons (Fsp3) is 0.929. The molecule has 0 aromatic heterocycles. The van der Waals surface area contributed by atoms with Crippen molar-refractivity contribution in [1.82, 2.24) is 5.32 Å². The number of amides is 1. The standard InChI is InChI=1S/C14H28N2O2/c1-4-14(15,5-2)11-16-12(17)13(7-6-8-13)9-10-18-3/h4-11,15H2,1-3H3,(H,16,17). The van der Waals surface area contributed by atoms with E-state index in [1.807, 2.05) is 0 Å². The van der Waals surface area contributed by atoms with Crippen molar-refractivity contribution in [3.05, 3.63) is 0 Å². The maximum Gasteiger partial charge on any atom is 0.226 e. The maximum atomic E-state index is 12.3. The Hall–Kier alpha value is -0.610. The van der Waals surface area contributed by atoms with Gasteiger partial charge >= 0.3 is 0 Å². The van der Waals surface area contributed by atoms with Gasteiger partial charge in [-0.25, -0.2) is 0 Å². The van der Waals surface area contributed by atoms with E-state index < -0.39 is 0 Å². The van der Waals surface area contributed by atoms with Crippen molar-refractivity contribution < 1.29 is 9.53 Å². The Labute approximate surface area is 111 Å². The van der Waals surface area contributed by atoms with Crippen molar-refractivity contribution in [1.29, 1.82) is 0 Å². The van der Waals surface area contributed by atoms with Crippen LogP contribution in [0.1, 0.15) is 52.4 Å². The van der Waals surface area contributed by atoms with Crippen LogP contribution < -0.4 is 11.1 Å². The lowest BCUT2D eigenvalue weighted by Gasteiger charge is -2.41. The molecule has 0 saturated heterocycles. The molecule has 0 heterocycles. The summed E-state index contributed by atoms with van der Waals surface area (Å²) >= 11 is 0. The van der Waals surface area contributed by atoms with Crippen LogP contribution in [-0.2, 0) is 9.53 Å². The molecule has 4 nitrogen and oxygen atoms in total. The molecule has 18 heavy (non-hydrogen) atoms. The molecule has 0 aliphatic heterocycles. The van der Waals surface area contributed by atoms with E-state index in [0.717, 1.165) is 38.5 Å². The van der Waals surface area contributed by atoms with Crippen molar-refractivity contribution in [3.8, 4) is 0 Å². The van der Waals surface area contributed by atoms with E-state index in [2.05, 4.69) is 19.2 Å². The van der Waals surface area contributed by atoms with Crippen LogP contribution in [0.2, 0.25) is 0 Å². The first-order chi connectivity index (χ1) is 8.52. The van der Waals surface area contributed by atoms with E-state index >= 15 is 0 Å². The van der Waals surface area contributed by atoms with Crippen molar-refractivity contribution in [2.75, 3.05) is 20.3 Å². The zero-order valence-electron chi connectivity index (χ0n) is 12.1. The summed E-state index contributed by atoms with van der Waals surface area (Å²) in [6.07, 6.45) is 5.71. The molecule has 1 rings (SSSR count). The van der Waals surface area contributed by atoms with E-state index in [1.165, 1.54) is 0 Å². The number of rotatable bonds is 8. The van der Waals surface area contributed by atoms with Gasteiger partial charge in [0.05, 0.1) is 5.41 Å². The molecule has 0 bridgehead atoms. The topological polar surface area (TPSA) is 64.3 Å².